The quantitative estimate of drug-likeness (QED) is 0.565. The Balaban J connectivity index is 4.90. The van der Waals surface area contributed by atoms with E-state index in [4.69, 9.17) is 0 Å². The van der Waals surface area contributed by atoms with Crippen LogP contribution in [0.25, 0.3) is 0 Å². The van der Waals surface area contributed by atoms with Gasteiger partial charge in [0.1, 0.15) is 0 Å². The zero-order valence-corrected chi connectivity index (χ0v) is 8.52. The minimum absolute atomic E-state index is 1.03. The van der Waals surface area contributed by atoms with Gasteiger partial charge < -0.3 is 0 Å². The van der Waals surface area contributed by atoms with Crippen LogP contribution in [-0.2, 0) is 0 Å². The third-order valence-corrected chi connectivity index (χ3v) is 2.13. The highest BCUT2D eigenvalue weighted by Gasteiger charge is 1.94. The zero-order chi connectivity index (χ0) is 10.1. The molecule has 68 valence electrons. The Morgan fingerprint density at radius 2 is 1.69 bits per heavy atom. The highest BCUT2D eigenvalue weighted by Crippen LogP contribution is 2.22. The van der Waals surface area contributed by atoms with E-state index >= 15 is 0 Å². The van der Waals surface area contributed by atoms with Gasteiger partial charge in [-0.15, -0.1) is 0 Å². The van der Waals surface area contributed by atoms with Gasteiger partial charge in [0.25, 0.3) is 0 Å². The standard InChI is InChI=1S/C12H14S/c1-5-9-10-11(6-2)12(7-3)13-8-4/h5-10H,1-4H2/b10-9-,12-11+. The molecule has 0 spiro atoms. The molecule has 0 aromatic heterocycles. The predicted molar refractivity (Wildman–Crippen MR) is 64.5 cm³/mol. The Morgan fingerprint density at radius 3 is 2.08 bits per heavy atom. The average molecular weight is 190 g/mol. The third-order valence-electron chi connectivity index (χ3n) is 1.31. The number of allylic oxidation sites excluding steroid dienone is 6. The van der Waals surface area contributed by atoms with Crippen molar-refractivity contribution in [3.63, 3.8) is 0 Å². The van der Waals surface area contributed by atoms with Gasteiger partial charge in [0.15, 0.2) is 0 Å². The fraction of sp³-hybridized carbons (Fsp3) is 0. The first-order chi connectivity index (χ1) is 6.29. The molecule has 0 unspecified atom stereocenters. The summed E-state index contributed by atoms with van der Waals surface area (Å²) in [7, 11) is 0. The Labute approximate surface area is 84.7 Å². The van der Waals surface area contributed by atoms with Gasteiger partial charge in [0.2, 0.25) is 0 Å². The Bertz CT molecular complexity index is 267. The van der Waals surface area contributed by atoms with Crippen molar-refractivity contribution in [3.8, 4) is 0 Å². The van der Waals surface area contributed by atoms with Crippen molar-refractivity contribution in [3.05, 3.63) is 72.6 Å². The van der Waals surface area contributed by atoms with E-state index in [0.717, 1.165) is 10.5 Å². The third kappa shape index (κ3) is 4.38. The van der Waals surface area contributed by atoms with E-state index in [-0.39, 0.29) is 0 Å². The van der Waals surface area contributed by atoms with Crippen molar-refractivity contribution < 1.29 is 0 Å². The van der Waals surface area contributed by atoms with E-state index in [0.29, 0.717) is 0 Å². The number of hydrogen-bond acceptors (Lipinski definition) is 1. The second-order valence-corrected chi connectivity index (χ2v) is 3.12. The van der Waals surface area contributed by atoms with Crippen LogP contribution in [0, 0.1) is 0 Å². The van der Waals surface area contributed by atoms with Crippen molar-refractivity contribution in [2.75, 3.05) is 0 Å². The summed E-state index contributed by atoms with van der Waals surface area (Å²) in [6.45, 7) is 14.7. The van der Waals surface area contributed by atoms with Crippen LogP contribution in [0.1, 0.15) is 0 Å². The molecule has 0 amide bonds. The Hall–Kier alpha value is -1.21. The lowest BCUT2D eigenvalue weighted by Gasteiger charge is -2.00. The Kier molecular flexibility index (Phi) is 6.75. The summed E-state index contributed by atoms with van der Waals surface area (Å²) in [6.07, 6.45) is 9.10. The van der Waals surface area contributed by atoms with Crippen LogP contribution < -0.4 is 0 Å². The second kappa shape index (κ2) is 7.44. The maximum absolute atomic E-state index is 3.73. The van der Waals surface area contributed by atoms with E-state index in [2.05, 4.69) is 26.3 Å². The first kappa shape index (κ1) is 11.8. The van der Waals surface area contributed by atoms with Gasteiger partial charge >= 0.3 is 0 Å². The molecule has 13 heavy (non-hydrogen) atoms. The first-order valence-electron chi connectivity index (χ1n) is 3.86. The normalized spacial score (nSPS) is 12.0. The number of rotatable bonds is 6. The van der Waals surface area contributed by atoms with Gasteiger partial charge in [-0.05, 0) is 11.0 Å². The molecule has 0 aliphatic carbocycles. The molecule has 0 heterocycles. The summed E-state index contributed by atoms with van der Waals surface area (Å²) in [4.78, 5) is 1.04. The summed E-state index contributed by atoms with van der Waals surface area (Å²) in [5, 5.41) is 1.77. The van der Waals surface area contributed by atoms with Gasteiger partial charge in [-0.2, -0.15) is 0 Å². The van der Waals surface area contributed by atoms with E-state index < -0.39 is 0 Å². The molecule has 0 atom stereocenters. The minimum atomic E-state index is 1.03. The van der Waals surface area contributed by atoms with Crippen LogP contribution in [-0.4, -0.2) is 0 Å². The lowest BCUT2D eigenvalue weighted by Crippen LogP contribution is -1.76. The number of hydrogen-bond donors (Lipinski definition) is 0. The van der Waals surface area contributed by atoms with Crippen LogP contribution in [0.3, 0.4) is 0 Å². The summed E-state index contributed by atoms with van der Waals surface area (Å²) >= 11 is 1.53. The lowest BCUT2D eigenvalue weighted by atomic mass is 10.2. The molecule has 0 aliphatic heterocycles. The van der Waals surface area contributed by atoms with Crippen molar-refractivity contribution in [1.82, 2.24) is 0 Å². The van der Waals surface area contributed by atoms with E-state index in [1.807, 2.05) is 12.2 Å². The van der Waals surface area contributed by atoms with Crippen molar-refractivity contribution in [1.29, 1.82) is 0 Å². The molecule has 1 heteroatoms. The fourth-order valence-electron chi connectivity index (χ4n) is 0.746. The Morgan fingerprint density at radius 1 is 1.00 bits per heavy atom. The molecule has 0 N–H and O–H groups in total. The van der Waals surface area contributed by atoms with Gasteiger partial charge in [0, 0.05) is 4.91 Å². The summed E-state index contributed by atoms with van der Waals surface area (Å²) in [5.41, 5.74) is 1.03. The molecule has 0 aliphatic rings. The van der Waals surface area contributed by atoms with E-state index in [1.54, 1.807) is 23.6 Å². The SMILES string of the molecule is C=C/C=C\C(C=C)=C(/C=C)SC=C. The monoisotopic (exact) mass is 190 g/mol. The molecule has 0 rings (SSSR count). The van der Waals surface area contributed by atoms with Crippen LogP contribution in [0.5, 0.6) is 0 Å². The fourth-order valence-corrected chi connectivity index (χ4v) is 1.31. The van der Waals surface area contributed by atoms with Crippen LogP contribution >= 0.6 is 11.8 Å². The summed E-state index contributed by atoms with van der Waals surface area (Å²) in [5.74, 6) is 0. The molecule has 0 nitrogen and oxygen atoms in total. The first-order valence-corrected chi connectivity index (χ1v) is 4.74. The van der Waals surface area contributed by atoms with Crippen LogP contribution in [0.4, 0.5) is 0 Å². The molecule has 0 radical (unpaired) electrons. The second-order valence-electron chi connectivity index (χ2n) is 2.11. The topological polar surface area (TPSA) is 0 Å². The maximum atomic E-state index is 3.73. The lowest BCUT2D eigenvalue weighted by molar-refractivity contribution is 1.68. The molecule has 0 aromatic carbocycles. The molecule has 0 bridgehead atoms. The smallest absolute Gasteiger partial charge is 0.0182 e. The van der Waals surface area contributed by atoms with Crippen LogP contribution in [0.2, 0.25) is 0 Å². The van der Waals surface area contributed by atoms with Crippen LogP contribution in [0.15, 0.2) is 72.6 Å². The van der Waals surface area contributed by atoms with Gasteiger partial charge in [-0.25, -0.2) is 0 Å². The van der Waals surface area contributed by atoms with E-state index in [1.165, 1.54) is 11.8 Å². The predicted octanol–water partition coefficient (Wildman–Crippen LogP) is 4.23. The summed E-state index contributed by atoms with van der Waals surface area (Å²) in [6, 6.07) is 0. The largest absolute Gasteiger partial charge is 0.0991 e. The molecule has 0 aromatic rings. The van der Waals surface area contributed by atoms with Gasteiger partial charge in [0.05, 0.1) is 0 Å². The van der Waals surface area contributed by atoms with E-state index in [9.17, 15) is 0 Å². The summed E-state index contributed by atoms with van der Waals surface area (Å²) < 4.78 is 0. The van der Waals surface area contributed by atoms with Gasteiger partial charge in [-0.3, -0.25) is 0 Å². The average Bonchev–Trinajstić information content (AvgIpc) is 2.17. The van der Waals surface area contributed by atoms with Gasteiger partial charge in [-0.1, -0.05) is 68.5 Å². The van der Waals surface area contributed by atoms with Crippen molar-refractivity contribution >= 4 is 11.8 Å². The maximum Gasteiger partial charge on any atom is 0.0182 e. The molecule has 0 saturated heterocycles. The minimum Gasteiger partial charge on any atom is -0.0991 e. The number of thioether (sulfide) groups is 1. The molecular formula is C12H14S. The molecular weight excluding hydrogens is 176 g/mol. The molecule has 0 fully saturated rings. The highest BCUT2D eigenvalue weighted by atomic mass is 32.2. The van der Waals surface area contributed by atoms with Crippen molar-refractivity contribution in [2.45, 2.75) is 0 Å². The van der Waals surface area contributed by atoms with Crippen molar-refractivity contribution in [2.24, 2.45) is 0 Å². The zero-order valence-electron chi connectivity index (χ0n) is 7.70. The molecule has 0 saturated carbocycles. The highest BCUT2D eigenvalue weighted by molar-refractivity contribution is 8.06.